The number of nitrogens with zero attached hydrogens (tertiary/aromatic N) is 1. The van der Waals surface area contributed by atoms with Crippen LogP contribution in [0.3, 0.4) is 0 Å². The summed E-state index contributed by atoms with van der Waals surface area (Å²) >= 11 is 0. The number of hydrogen-bond acceptors (Lipinski definition) is 3. The number of hydrogen-bond donors (Lipinski definition) is 2. The van der Waals surface area contributed by atoms with E-state index in [1.165, 1.54) is 19.3 Å². The average molecular weight is 333 g/mol. The molecule has 0 heterocycles. The van der Waals surface area contributed by atoms with E-state index in [9.17, 15) is 4.79 Å². The number of carbonyl (C=O) groups excluding carboxylic acids is 1. The first-order chi connectivity index (χ1) is 11.5. The third-order valence-electron chi connectivity index (χ3n) is 4.73. The Balaban J connectivity index is 1.71. The lowest BCUT2D eigenvalue weighted by Crippen LogP contribution is -2.34. The molecule has 24 heavy (non-hydrogen) atoms. The summed E-state index contributed by atoms with van der Waals surface area (Å²) < 4.78 is 5.91. The minimum atomic E-state index is -0.184. The van der Waals surface area contributed by atoms with Gasteiger partial charge in [0, 0.05) is 32.0 Å². The lowest BCUT2D eigenvalue weighted by Gasteiger charge is -2.28. The van der Waals surface area contributed by atoms with Gasteiger partial charge in [0.1, 0.15) is 0 Å². The summed E-state index contributed by atoms with van der Waals surface area (Å²) in [6.07, 6.45) is 5.31. The van der Waals surface area contributed by atoms with Crippen LogP contribution in [0.25, 0.3) is 0 Å². The van der Waals surface area contributed by atoms with Crippen LogP contribution < -0.4 is 15.5 Å². The summed E-state index contributed by atoms with van der Waals surface area (Å²) in [7, 11) is 4.00. The van der Waals surface area contributed by atoms with Crippen molar-refractivity contribution in [3.05, 3.63) is 23.8 Å². The van der Waals surface area contributed by atoms with Gasteiger partial charge in [-0.15, -0.1) is 0 Å². The van der Waals surface area contributed by atoms with Crippen LogP contribution in [0.15, 0.2) is 18.2 Å². The molecular formula is C19H31N3O2. The Morgan fingerprint density at radius 1 is 1.29 bits per heavy atom. The van der Waals surface area contributed by atoms with Crippen molar-refractivity contribution in [2.45, 2.75) is 45.6 Å². The molecule has 1 aliphatic carbocycles. The smallest absolute Gasteiger partial charge is 0.319 e. The predicted octanol–water partition coefficient (Wildman–Crippen LogP) is 3.78. The van der Waals surface area contributed by atoms with Gasteiger partial charge in [0.2, 0.25) is 0 Å². The topological polar surface area (TPSA) is 53.6 Å². The molecule has 0 spiro atoms. The lowest BCUT2D eigenvalue weighted by atomic mass is 9.88. The quantitative estimate of drug-likeness (QED) is 0.779. The Morgan fingerprint density at radius 3 is 2.71 bits per heavy atom. The Morgan fingerprint density at radius 2 is 2.04 bits per heavy atom. The Hall–Kier alpha value is -1.75. The van der Waals surface area contributed by atoms with Crippen molar-refractivity contribution in [2.24, 2.45) is 5.92 Å². The number of nitrogens with one attached hydrogen (secondary N) is 2. The van der Waals surface area contributed by atoms with E-state index in [-0.39, 0.29) is 6.03 Å². The number of urea groups is 1. The molecule has 0 radical (unpaired) electrons. The van der Waals surface area contributed by atoms with Crippen molar-refractivity contribution >= 4 is 17.4 Å². The SMILES string of the molecule is Cc1cc(N(C)C)ccc1NC(=O)NCCO[C@@H]1CCCC[C@H]1C. The van der Waals surface area contributed by atoms with Gasteiger partial charge < -0.3 is 20.3 Å². The van der Waals surface area contributed by atoms with E-state index < -0.39 is 0 Å². The third-order valence-corrected chi connectivity index (χ3v) is 4.73. The zero-order valence-corrected chi connectivity index (χ0v) is 15.4. The molecule has 1 fully saturated rings. The Bertz CT molecular complexity index is 545. The van der Waals surface area contributed by atoms with Gasteiger partial charge in [-0.3, -0.25) is 0 Å². The van der Waals surface area contributed by atoms with Crippen LogP contribution >= 0.6 is 0 Å². The van der Waals surface area contributed by atoms with Gasteiger partial charge in [-0.25, -0.2) is 4.79 Å². The van der Waals surface area contributed by atoms with Crippen molar-refractivity contribution in [1.82, 2.24) is 5.32 Å². The fourth-order valence-electron chi connectivity index (χ4n) is 3.14. The van der Waals surface area contributed by atoms with E-state index in [4.69, 9.17) is 4.74 Å². The van der Waals surface area contributed by atoms with Gasteiger partial charge in [0.05, 0.1) is 12.7 Å². The molecule has 1 aliphatic rings. The van der Waals surface area contributed by atoms with Crippen LogP contribution in [0.1, 0.15) is 38.2 Å². The average Bonchev–Trinajstić information content (AvgIpc) is 2.55. The van der Waals surface area contributed by atoms with E-state index in [1.54, 1.807) is 0 Å². The normalized spacial score (nSPS) is 20.5. The van der Waals surface area contributed by atoms with Gasteiger partial charge in [-0.05, 0) is 49.4 Å². The molecule has 2 amide bonds. The van der Waals surface area contributed by atoms with Crippen LogP contribution in [-0.4, -0.2) is 39.4 Å². The minimum Gasteiger partial charge on any atom is -0.378 e. The highest BCUT2D eigenvalue weighted by molar-refractivity contribution is 5.90. The zero-order chi connectivity index (χ0) is 17.5. The Kier molecular flexibility index (Phi) is 6.91. The summed E-state index contributed by atoms with van der Waals surface area (Å²) in [5, 5.41) is 5.76. The second-order valence-corrected chi connectivity index (χ2v) is 6.95. The van der Waals surface area contributed by atoms with Crippen molar-refractivity contribution in [2.75, 3.05) is 37.5 Å². The number of aryl methyl sites for hydroxylation is 1. The minimum absolute atomic E-state index is 0.184. The number of rotatable bonds is 6. The van der Waals surface area contributed by atoms with Crippen molar-refractivity contribution < 1.29 is 9.53 Å². The number of benzene rings is 1. The number of ether oxygens (including phenoxy) is 1. The summed E-state index contributed by atoms with van der Waals surface area (Å²) in [6, 6.07) is 5.81. The molecule has 0 aliphatic heterocycles. The molecule has 0 bridgehead atoms. The highest BCUT2D eigenvalue weighted by atomic mass is 16.5. The van der Waals surface area contributed by atoms with Crippen LogP contribution in [0, 0.1) is 12.8 Å². The van der Waals surface area contributed by atoms with E-state index in [0.717, 1.165) is 23.4 Å². The summed E-state index contributed by atoms with van der Waals surface area (Å²) in [5.41, 5.74) is 3.00. The molecule has 1 saturated carbocycles. The fraction of sp³-hybridized carbons (Fsp3) is 0.632. The van der Waals surface area contributed by atoms with Gasteiger partial charge in [0.25, 0.3) is 0 Å². The molecule has 0 saturated heterocycles. The maximum Gasteiger partial charge on any atom is 0.319 e. The molecule has 0 unspecified atom stereocenters. The van der Waals surface area contributed by atoms with E-state index in [0.29, 0.717) is 25.2 Å². The number of anilines is 2. The monoisotopic (exact) mass is 333 g/mol. The van der Waals surface area contributed by atoms with Crippen molar-refractivity contribution in [3.8, 4) is 0 Å². The van der Waals surface area contributed by atoms with Crippen LogP contribution in [0.5, 0.6) is 0 Å². The largest absolute Gasteiger partial charge is 0.378 e. The van der Waals surface area contributed by atoms with Gasteiger partial charge >= 0.3 is 6.03 Å². The number of amides is 2. The van der Waals surface area contributed by atoms with Crippen molar-refractivity contribution in [1.29, 1.82) is 0 Å². The Labute approximate surface area is 145 Å². The first kappa shape index (κ1) is 18.6. The maximum absolute atomic E-state index is 12.0. The van der Waals surface area contributed by atoms with Crippen molar-refractivity contribution in [3.63, 3.8) is 0 Å². The molecule has 1 aromatic rings. The first-order valence-electron chi connectivity index (χ1n) is 8.92. The summed E-state index contributed by atoms with van der Waals surface area (Å²) in [5.74, 6) is 0.630. The van der Waals surface area contributed by atoms with Gasteiger partial charge in [-0.1, -0.05) is 19.8 Å². The highest BCUT2D eigenvalue weighted by Crippen LogP contribution is 2.26. The molecule has 2 atom stereocenters. The second-order valence-electron chi connectivity index (χ2n) is 6.95. The maximum atomic E-state index is 12.0. The van der Waals surface area contributed by atoms with Crippen LogP contribution in [-0.2, 0) is 4.74 Å². The van der Waals surface area contributed by atoms with Crippen LogP contribution in [0.2, 0.25) is 0 Å². The molecule has 5 nitrogen and oxygen atoms in total. The zero-order valence-electron chi connectivity index (χ0n) is 15.4. The van der Waals surface area contributed by atoms with E-state index in [1.807, 2.05) is 38.1 Å². The summed E-state index contributed by atoms with van der Waals surface area (Å²) in [4.78, 5) is 14.1. The molecule has 0 aromatic heterocycles. The molecule has 5 heteroatoms. The van der Waals surface area contributed by atoms with E-state index >= 15 is 0 Å². The summed E-state index contributed by atoms with van der Waals surface area (Å²) in [6.45, 7) is 5.35. The lowest BCUT2D eigenvalue weighted by molar-refractivity contribution is -0.00232. The number of carbonyl (C=O) groups is 1. The van der Waals surface area contributed by atoms with E-state index in [2.05, 4.69) is 23.6 Å². The molecule has 134 valence electrons. The van der Waals surface area contributed by atoms with Crippen LogP contribution in [0.4, 0.5) is 16.2 Å². The third kappa shape index (κ3) is 5.41. The molecule has 2 N–H and O–H groups in total. The van der Waals surface area contributed by atoms with Gasteiger partial charge in [-0.2, -0.15) is 0 Å². The van der Waals surface area contributed by atoms with Gasteiger partial charge in [0.15, 0.2) is 0 Å². The highest BCUT2D eigenvalue weighted by Gasteiger charge is 2.21. The second kappa shape index (κ2) is 8.92. The first-order valence-corrected chi connectivity index (χ1v) is 8.92. The molecular weight excluding hydrogens is 302 g/mol. The fourth-order valence-corrected chi connectivity index (χ4v) is 3.14. The standard InChI is InChI=1S/C19H31N3O2/c1-14-7-5-6-8-18(14)24-12-11-20-19(23)21-17-10-9-16(22(3)4)13-15(17)2/h9-10,13-14,18H,5-8,11-12H2,1-4H3,(H2,20,21,23)/t14-,18-/m1/s1. The molecule has 1 aromatic carbocycles. The predicted molar refractivity (Wildman–Crippen MR) is 99.9 cm³/mol. The molecule has 2 rings (SSSR count).